The molecule has 0 unspecified atom stereocenters. The number of anilines is 2. The number of para-hydroxylation sites is 1. The summed E-state index contributed by atoms with van der Waals surface area (Å²) >= 11 is 0. The Morgan fingerprint density at radius 1 is 1.00 bits per heavy atom. The van der Waals surface area contributed by atoms with Crippen LogP contribution in [0, 0.1) is 0 Å². The molecule has 3 aromatic rings. The second kappa shape index (κ2) is 4.84. The van der Waals surface area contributed by atoms with Crippen LogP contribution in [-0.2, 0) is 20.6 Å². The van der Waals surface area contributed by atoms with Crippen LogP contribution >= 0.6 is 0 Å². The van der Waals surface area contributed by atoms with Gasteiger partial charge in [-0.2, -0.15) is 4.98 Å². The second-order valence-corrected chi connectivity index (χ2v) is 5.78. The Morgan fingerprint density at radius 2 is 1.74 bits per heavy atom. The predicted octanol–water partition coefficient (Wildman–Crippen LogP) is 0.975. The first-order chi connectivity index (χ1) is 11.1. The van der Waals surface area contributed by atoms with Crippen LogP contribution in [0.5, 0.6) is 0 Å². The van der Waals surface area contributed by atoms with E-state index in [1.165, 1.54) is 11.6 Å². The maximum atomic E-state index is 12.5. The first kappa shape index (κ1) is 13.8. The fraction of sp³-hybridized carbons (Fsp3) is 0.312. The second-order valence-electron chi connectivity index (χ2n) is 5.78. The molecule has 1 aliphatic heterocycles. The molecule has 0 N–H and O–H groups in total. The molecule has 3 heterocycles. The van der Waals surface area contributed by atoms with Crippen LogP contribution in [0.2, 0.25) is 0 Å². The van der Waals surface area contributed by atoms with E-state index in [-0.39, 0.29) is 11.2 Å². The number of hydrogen-bond acceptors (Lipinski definition) is 4. The van der Waals surface area contributed by atoms with Crippen molar-refractivity contribution in [3.8, 4) is 0 Å². The van der Waals surface area contributed by atoms with Crippen molar-refractivity contribution >= 4 is 22.8 Å². The summed E-state index contributed by atoms with van der Waals surface area (Å²) < 4.78 is 4.50. The van der Waals surface area contributed by atoms with Crippen LogP contribution < -0.4 is 16.1 Å². The third-order valence-corrected chi connectivity index (χ3v) is 4.40. The number of hydrogen-bond donors (Lipinski definition) is 0. The molecule has 0 amide bonds. The number of aryl methyl sites for hydroxylation is 2. The molecule has 7 heteroatoms. The Balaban J connectivity index is 2.05. The monoisotopic (exact) mass is 311 g/mol. The van der Waals surface area contributed by atoms with Gasteiger partial charge in [0.25, 0.3) is 5.56 Å². The van der Waals surface area contributed by atoms with Crippen molar-refractivity contribution in [1.29, 1.82) is 0 Å². The Labute approximate surface area is 132 Å². The Morgan fingerprint density at radius 3 is 2.48 bits per heavy atom. The van der Waals surface area contributed by atoms with E-state index in [0.29, 0.717) is 11.2 Å². The molecule has 0 saturated carbocycles. The van der Waals surface area contributed by atoms with E-state index in [1.807, 2.05) is 34.9 Å². The number of aromatic nitrogens is 4. The Bertz CT molecular complexity index is 1010. The quantitative estimate of drug-likeness (QED) is 0.672. The summed E-state index contributed by atoms with van der Waals surface area (Å²) in [7, 11) is 3.15. The molecule has 23 heavy (non-hydrogen) atoms. The van der Waals surface area contributed by atoms with E-state index in [1.54, 1.807) is 7.05 Å². The minimum absolute atomic E-state index is 0.295. The van der Waals surface area contributed by atoms with E-state index in [2.05, 4.69) is 9.88 Å². The smallest absolute Gasteiger partial charge is 0.312 e. The molecular weight excluding hydrogens is 294 g/mol. The van der Waals surface area contributed by atoms with Gasteiger partial charge in [0.15, 0.2) is 11.2 Å². The highest BCUT2D eigenvalue weighted by atomic mass is 16.2. The molecule has 0 aliphatic carbocycles. The first-order valence-electron chi connectivity index (χ1n) is 7.58. The Hall–Kier alpha value is -2.83. The number of imidazole rings is 1. The van der Waals surface area contributed by atoms with Crippen LogP contribution in [0.25, 0.3) is 11.2 Å². The van der Waals surface area contributed by atoms with E-state index in [9.17, 15) is 9.59 Å². The molecular formula is C16H17N5O2. The van der Waals surface area contributed by atoms with Crippen LogP contribution in [0.4, 0.5) is 11.6 Å². The van der Waals surface area contributed by atoms with E-state index >= 15 is 0 Å². The molecule has 1 aliphatic rings. The maximum absolute atomic E-state index is 12.5. The average Bonchev–Trinajstić information content (AvgIpc) is 2.98. The van der Waals surface area contributed by atoms with Crippen molar-refractivity contribution < 1.29 is 0 Å². The SMILES string of the molecule is Cn1c(=O)c2c(nc3n2CCCN3c2ccccc2)n(C)c1=O. The zero-order chi connectivity index (χ0) is 16.1. The van der Waals surface area contributed by atoms with Gasteiger partial charge in [-0.1, -0.05) is 18.2 Å². The summed E-state index contributed by atoms with van der Waals surface area (Å²) in [4.78, 5) is 31.4. The molecule has 0 bridgehead atoms. The highest BCUT2D eigenvalue weighted by molar-refractivity contribution is 5.76. The van der Waals surface area contributed by atoms with Crippen molar-refractivity contribution in [2.24, 2.45) is 14.1 Å². The lowest BCUT2D eigenvalue weighted by Crippen LogP contribution is -2.38. The summed E-state index contributed by atoms with van der Waals surface area (Å²) in [5.41, 5.74) is 1.31. The van der Waals surface area contributed by atoms with Gasteiger partial charge in [-0.25, -0.2) is 4.79 Å². The molecule has 118 valence electrons. The van der Waals surface area contributed by atoms with E-state index in [0.717, 1.165) is 35.7 Å². The van der Waals surface area contributed by atoms with Gasteiger partial charge in [0.2, 0.25) is 5.95 Å². The molecule has 7 nitrogen and oxygen atoms in total. The lowest BCUT2D eigenvalue weighted by molar-refractivity contribution is 0.600. The van der Waals surface area contributed by atoms with Gasteiger partial charge in [-0.05, 0) is 18.6 Å². The number of nitrogens with zero attached hydrogens (tertiary/aromatic N) is 5. The molecule has 0 radical (unpaired) electrons. The van der Waals surface area contributed by atoms with Gasteiger partial charge in [0.1, 0.15) is 0 Å². The number of benzene rings is 1. The summed E-state index contributed by atoms with van der Waals surface area (Å²) in [5.74, 6) is 0.718. The molecule has 2 aromatic heterocycles. The number of rotatable bonds is 1. The summed E-state index contributed by atoms with van der Waals surface area (Å²) in [5, 5.41) is 0. The van der Waals surface area contributed by atoms with Gasteiger partial charge in [-0.3, -0.25) is 13.9 Å². The molecule has 0 saturated heterocycles. The molecule has 0 spiro atoms. The van der Waals surface area contributed by atoms with E-state index < -0.39 is 0 Å². The minimum atomic E-state index is -0.357. The van der Waals surface area contributed by atoms with Crippen LogP contribution in [-0.4, -0.2) is 25.2 Å². The third kappa shape index (κ3) is 1.86. The topological polar surface area (TPSA) is 65.1 Å². The standard InChI is InChI=1S/C16H17N5O2/c1-18-13-12(14(22)19(2)16(18)23)21-10-6-9-20(15(21)17-13)11-7-4-3-5-8-11/h3-5,7-8H,6,9-10H2,1-2H3. The largest absolute Gasteiger partial charge is 0.332 e. The summed E-state index contributed by atoms with van der Waals surface area (Å²) in [6, 6.07) is 9.96. The van der Waals surface area contributed by atoms with Gasteiger partial charge < -0.3 is 9.47 Å². The normalized spacial score (nSPS) is 14.3. The number of fused-ring (bicyclic) bond motifs is 3. The molecule has 0 fully saturated rings. The van der Waals surface area contributed by atoms with Crippen molar-refractivity contribution in [3.63, 3.8) is 0 Å². The molecule has 0 atom stereocenters. The highest BCUT2D eigenvalue weighted by Crippen LogP contribution is 2.30. The first-order valence-corrected chi connectivity index (χ1v) is 7.58. The lowest BCUT2D eigenvalue weighted by atomic mass is 10.2. The van der Waals surface area contributed by atoms with Gasteiger partial charge in [-0.15, -0.1) is 0 Å². The summed E-state index contributed by atoms with van der Waals surface area (Å²) in [6.45, 7) is 1.56. The van der Waals surface area contributed by atoms with Crippen molar-refractivity contribution in [2.45, 2.75) is 13.0 Å². The fourth-order valence-electron chi connectivity index (χ4n) is 3.19. The highest BCUT2D eigenvalue weighted by Gasteiger charge is 2.26. The molecule has 1 aromatic carbocycles. The fourth-order valence-corrected chi connectivity index (χ4v) is 3.19. The summed E-state index contributed by atoms with van der Waals surface area (Å²) in [6.07, 6.45) is 0.916. The van der Waals surface area contributed by atoms with Gasteiger partial charge in [0.05, 0.1) is 0 Å². The van der Waals surface area contributed by atoms with E-state index in [4.69, 9.17) is 0 Å². The zero-order valence-electron chi connectivity index (χ0n) is 13.1. The maximum Gasteiger partial charge on any atom is 0.332 e. The van der Waals surface area contributed by atoms with Crippen LogP contribution in [0.3, 0.4) is 0 Å². The Kier molecular flexibility index (Phi) is 2.90. The average molecular weight is 311 g/mol. The van der Waals surface area contributed by atoms with Gasteiger partial charge in [0, 0.05) is 32.9 Å². The van der Waals surface area contributed by atoms with Crippen molar-refractivity contribution in [2.75, 3.05) is 11.4 Å². The zero-order valence-corrected chi connectivity index (χ0v) is 13.1. The van der Waals surface area contributed by atoms with Gasteiger partial charge >= 0.3 is 5.69 Å². The minimum Gasteiger partial charge on any atom is -0.312 e. The van der Waals surface area contributed by atoms with Crippen LogP contribution in [0.15, 0.2) is 39.9 Å². The van der Waals surface area contributed by atoms with Crippen LogP contribution in [0.1, 0.15) is 6.42 Å². The van der Waals surface area contributed by atoms with Crippen molar-refractivity contribution in [3.05, 3.63) is 51.2 Å². The third-order valence-electron chi connectivity index (χ3n) is 4.40. The lowest BCUT2D eigenvalue weighted by Gasteiger charge is -2.28. The molecule has 4 rings (SSSR count). The predicted molar refractivity (Wildman–Crippen MR) is 88.3 cm³/mol. The van der Waals surface area contributed by atoms with Crippen molar-refractivity contribution in [1.82, 2.24) is 18.7 Å².